The zero-order valence-electron chi connectivity index (χ0n) is 17.2. The van der Waals surface area contributed by atoms with Crippen molar-refractivity contribution in [3.63, 3.8) is 0 Å². The SMILES string of the molecule is COc1ccccc1OCC(=O)Nc1ccc(-n2c(C)nc3ccccc3c2=O)cc1. The minimum atomic E-state index is -0.306. The first-order valence-electron chi connectivity index (χ1n) is 9.71. The molecule has 31 heavy (non-hydrogen) atoms. The number of benzene rings is 3. The van der Waals surface area contributed by atoms with E-state index in [2.05, 4.69) is 10.3 Å². The molecule has 1 aromatic heterocycles. The second-order valence-corrected chi connectivity index (χ2v) is 6.85. The van der Waals surface area contributed by atoms with Crippen LogP contribution < -0.4 is 20.3 Å². The molecule has 4 aromatic rings. The number of rotatable bonds is 6. The van der Waals surface area contributed by atoms with Gasteiger partial charge in [-0.25, -0.2) is 4.98 Å². The van der Waals surface area contributed by atoms with Crippen molar-refractivity contribution < 1.29 is 14.3 Å². The highest BCUT2D eigenvalue weighted by molar-refractivity contribution is 5.92. The number of hydrogen-bond donors (Lipinski definition) is 1. The molecule has 0 unspecified atom stereocenters. The van der Waals surface area contributed by atoms with E-state index in [1.165, 1.54) is 0 Å². The quantitative estimate of drug-likeness (QED) is 0.519. The van der Waals surface area contributed by atoms with Crippen molar-refractivity contribution in [3.8, 4) is 17.2 Å². The Morgan fingerprint density at radius 1 is 0.968 bits per heavy atom. The van der Waals surface area contributed by atoms with Crippen LogP contribution in [0, 0.1) is 6.92 Å². The van der Waals surface area contributed by atoms with Crippen LogP contribution in [0.3, 0.4) is 0 Å². The molecule has 0 spiro atoms. The van der Waals surface area contributed by atoms with Crippen LogP contribution in [0.2, 0.25) is 0 Å². The molecule has 0 radical (unpaired) electrons. The Labute approximate surface area is 178 Å². The zero-order chi connectivity index (χ0) is 21.8. The summed E-state index contributed by atoms with van der Waals surface area (Å²) in [5.41, 5.74) is 1.80. The Morgan fingerprint density at radius 2 is 1.65 bits per heavy atom. The largest absolute Gasteiger partial charge is 0.493 e. The summed E-state index contributed by atoms with van der Waals surface area (Å²) in [5.74, 6) is 1.34. The zero-order valence-corrected chi connectivity index (χ0v) is 17.2. The second-order valence-electron chi connectivity index (χ2n) is 6.85. The van der Waals surface area contributed by atoms with Gasteiger partial charge in [-0.05, 0) is 55.5 Å². The average molecular weight is 415 g/mol. The van der Waals surface area contributed by atoms with Gasteiger partial charge in [0.25, 0.3) is 11.5 Å². The van der Waals surface area contributed by atoms with Crippen molar-refractivity contribution in [2.45, 2.75) is 6.92 Å². The van der Waals surface area contributed by atoms with E-state index in [1.807, 2.05) is 24.3 Å². The number of carbonyl (C=O) groups is 1. The van der Waals surface area contributed by atoms with Crippen molar-refractivity contribution in [1.82, 2.24) is 9.55 Å². The van der Waals surface area contributed by atoms with E-state index < -0.39 is 0 Å². The smallest absolute Gasteiger partial charge is 0.265 e. The van der Waals surface area contributed by atoms with Gasteiger partial charge in [0.15, 0.2) is 18.1 Å². The molecule has 4 rings (SSSR count). The number of para-hydroxylation sites is 3. The Balaban J connectivity index is 1.48. The number of methoxy groups -OCH3 is 1. The molecule has 0 saturated heterocycles. The molecule has 1 heterocycles. The van der Waals surface area contributed by atoms with Gasteiger partial charge in [0, 0.05) is 5.69 Å². The third-order valence-corrected chi connectivity index (χ3v) is 4.78. The molecule has 0 atom stereocenters. The predicted molar refractivity (Wildman–Crippen MR) is 119 cm³/mol. The normalized spacial score (nSPS) is 10.6. The van der Waals surface area contributed by atoms with Gasteiger partial charge in [-0.3, -0.25) is 14.2 Å². The molecular weight excluding hydrogens is 394 g/mol. The average Bonchev–Trinajstić information content (AvgIpc) is 2.79. The number of fused-ring (bicyclic) bond motifs is 1. The fourth-order valence-corrected chi connectivity index (χ4v) is 3.32. The number of ether oxygens (including phenoxy) is 2. The second kappa shape index (κ2) is 8.71. The molecule has 0 aliphatic carbocycles. The number of aryl methyl sites for hydroxylation is 1. The molecule has 7 nitrogen and oxygen atoms in total. The van der Waals surface area contributed by atoms with Gasteiger partial charge in [-0.1, -0.05) is 24.3 Å². The van der Waals surface area contributed by atoms with Gasteiger partial charge < -0.3 is 14.8 Å². The van der Waals surface area contributed by atoms with Crippen molar-refractivity contribution >= 4 is 22.5 Å². The van der Waals surface area contributed by atoms with E-state index in [9.17, 15) is 9.59 Å². The van der Waals surface area contributed by atoms with Crippen molar-refractivity contribution in [1.29, 1.82) is 0 Å². The molecule has 1 N–H and O–H groups in total. The lowest BCUT2D eigenvalue weighted by atomic mass is 10.2. The van der Waals surface area contributed by atoms with Crippen LogP contribution in [0.4, 0.5) is 5.69 Å². The Bertz CT molecular complexity index is 1300. The van der Waals surface area contributed by atoms with E-state index in [-0.39, 0.29) is 18.1 Å². The van der Waals surface area contributed by atoms with Crippen molar-refractivity contribution in [3.05, 3.63) is 89.0 Å². The summed E-state index contributed by atoms with van der Waals surface area (Å²) in [5, 5.41) is 3.33. The van der Waals surface area contributed by atoms with Crippen LogP contribution in [0.25, 0.3) is 16.6 Å². The molecule has 0 saturated carbocycles. The predicted octanol–water partition coefficient (Wildman–Crippen LogP) is 3.72. The highest BCUT2D eigenvalue weighted by Crippen LogP contribution is 2.25. The molecule has 0 aliphatic heterocycles. The van der Waals surface area contributed by atoms with E-state index in [0.717, 1.165) is 0 Å². The molecular formula is C24H21N3O4. The van der Waals surface area contributed by atoms with Crippen LogP contribution in [0.1, 0.15) is 5.82 Å². The maximum atomic E-state index is 12.9. The van der Waals surface area contributed by atoms with E-state index in [0.29, 0.717) is 39.6 Å². The molecule has 156 valence electrons. The minimum Gasteiger partial charge on any atom is -0.493 e. The molecule has 3 aromatic carbocycles. The van der Waals surface area contributed by atoms with E-state index >= 15 is 0 Å². The molecule has 0 fully saturated rings. The topological polar surface area (TPSA) is 82.4 Å². The summed E-state index contributed by atoms with van der Waals surface area (Å²) in [6, 6.07) is 21.4. The fourth-order valence-electron chi connectivity index (χ4n) is 3.32. The number of nitrogens with one attached hydrogen (secondary N) is 1. The van der Waals surface area contributed by atoms with Crippen LogP contribution >= 0.6 is 0 Å². The first-order chi connectivity index (χ1) is 15.1. The highest BCUT2D eigenvalue weighted by Gasteiger charge is 2.11. The van der Waals surface area contributed by atoms with Crippen LogP contribution in [0.15, 0.2) is 77.6 Å². The highest BCUT2D eigenvalue weighted by atomic mass is 16.5. The van der Waals surface area contributed by atoms with Gasteiger partial charge in [0.1, 0.15) is 5.82 Å². The fraction of sp³-hybridized carbons (Fsp3) is 0.125. The number of carbonyl (C=O) groups excluding carboxylic acids is 1. The Kier molecular flexibility index (Phi) is 5.66. The van der Waals surface area contributed by atoms with Gasteiger partial charge in [0.2, 0.25) is 0 Å². The third-order valence-electron chi connectivity index (χ3n) is 4.78. The maximum Gasteiger partial charge on any atom is 0.265 e. The van der Waals surface area contributed by atoms with Gasteiger partial charge in [-0.2, -0.15) is 0 Å². The summed E-state index contributed by atoms with van der Waals surface area (Å²) < 4.78 is 12.3. The number of nitrogens with zero attached hydrogens (tertiary/aromatic N) is 2. The summed E-state index contributed by atoms with van der Waals surface area (Å²) in [6.45, 7) is 1.63. The Morgan fingerprint density at radius 3 is 2.39 bits per heavy atom. The lowest BCUT2D eigenvalue weighted by molar-refractivity contribution is -0.118. The molecule has 0 bridgehead atoms. The van der Waals surface area contributed by atoms with E-state index in [1.54, 1.807) is 67.1 Å². The van der Waals surface area contributed by atoms with Crippen LogP contribution in [0.5, 0.6) is 11.5 Å². The standard InChI is InChI=1S/C24H21N3O4/c1-16-25-20-8-4-3-7-19(20)24(29)27(16)18-13-11-17(12-14-18)26-23(28)15-31-22-10-6-5-9-21(22)30-2/h3-14H,15H2,1-2H3,(H,26,28). The Hall–Kier alpha value is -4.13. The van der Waals surface area contributed by atoms with Crippen LogP contribution in [-0.2, 0) is 4.79 Å². The third kappa shape index (κ3) is 4.25. The van der Waals surface area contributed by atoms with Gasteiger partial charge in [0.05, 0.1) is 23.7 Å². The van der Waals surface area contributed by atoms with Crippen LogP contribution in [-0.4, -0.2) is 29.2 Å². The molecule has 1 amide bonds. The first kappa shape index (κ1) is 20.2. The number of amides is 1. The number of aromatic nitrogens is 2. The monoisotopic (exact) mass is 415 g/mol. The summed E-state index contributed by atoms with van der Waals surface area (Å²) >= 11 is 0. The lowest BCUT2D eigenvalue weighted by Gasteiger charge is -2.12. The maximum absolute atomic E-state index is 12.9. The summed E-state index contributed by atoms with van der Waals surface area (Å²) in [4.78, 5) is 29.7. The summed E-state index contributed by atoms with van der Waals surface area (Å²) in [7, 11) is 1.54. The molecule has 0 aliphatic rings. The van der Waals surface area contributed by atoms with Crippen molar-refractivity contribution in [2.75, 3.05) is 19.0 Å². The molecule has 7 heteroatoms. The first-order valence-corrected chi connectivity index (χ1v) is 9.71. The summed E-state index contributed by atoms with van der Waals surface area (Å²) in [6.07, 6.45) is 0. The minimum absolute atomic E-state index is 0.134. The lowest BCUT2D eigenvalue weighted by Crippen LogP contribution is -2.22. The van der Waals surface area contributed by atoms with E-state index in [4.69, 9.17) is 9.47 Å². The van der Waals surface area contributed by atoms with Crippen molar-refractivity contribution in [2.24, 2.45) is 0 Å². The van der Waals surface area contributed by atoms with Gasteiger partial charge >= 0.3 is 0 Å². The van der Waals surface area contributed by atoms with Gasteiger partial charge in [-0.15, -0.1) is 0 Å². The number of anilines is 1. The number of hydrogen-bond acceptors (Lipinski definition) is 5.